The Labute approximate surface area is 185 Å². The zero-order valence-corrected chi connectivity index (χ0v) is 19.2. The number of rotatable bonds is 0. The monoisotopic (exact) mass is 408 g/mol. The van der Waals surface area contributed by atoms with Crippen LogP contribution in [0.3, 0.4) is 0 Å². The van der Waals surface area contributed by atoms with Crippen LogP contribution >= 0.6 is 0 Å². The molecule has 5 atom stereocenters. The van der Waals surface area contributed by atoms with Crippen LogP contribution in [0.1, 0.15) is 83.5 Å². The van der Waals surface area contributed by atoms with Crippen molar-refractivity contribution in [2.45, 2.75) is 89.5 Å². The van der Waals surface area contributed by atoms with Gasteiger partial charge in [-0.05, 0) is 101 Å². The fourth-order valence-corrected chi connectivity index (χ4v) is 7.67. The molecule has 166 valence electrons. The van der Waals surface area contributed by atoms with Gasteiger partial charge >= 0.3 is 0 Å². The highest BCUT2D eigenvalue weighted by Gasteiger charge is 2.55. The Bertz CT molecular complexity index is 662. The zero-order chi connectivity index (χ0) is 20.2. The maximum absolute atomic E-state index is 2.97. The maximum atomic E-state index is 2.97. The third kappa shape index (κ3) is 4.51. The SMILES string of the molecule is C1=C\CCCCN2C[C@@]34CC/C=C\CCCCCCN(C[C@H]5C/C(=C/C/1)[C@@H]2C[C@H]53)C4. The molecule has 0 aromatic rings. The van der Waals surface area contributed by atoms with Gasteiger partial charge in [-0.2, -0.15) is 0 Å². The van der Waals surface area contributed by atoms with E-state index in [4.69, 9.17) is 0 Å². The molecular formula is C28H44N2. The quantitative estimate of drug-likeness (QED) is 0.431. The predicted molar refractivity (Wildman–Crippen MR) is 128 cm³/mol. The normalized spacial score (nSPS) is 44.7. The van der Waals surface area contributed by atoms with Crippen molar-refractivity contribution in [3.63, 3.8) is 0 Å². The second kappa shape index (κ2) is 9.74. The van der Waals surface area contributed by atoms with Crippen LogP contribution in [0.4, 0.5) is 0 Å². The van der Waals surface area contributed by atoms with Crippen molar-refractivity contribution in [1.29, 1.82) is 0 Å². The molecule has 1 aliphatic carbocycles. The molecule has 2 nitrogen and oxygen atoms in total. The number of nitrogens with zero attached hydrogens (tertiary/aromatic N) is 2. The minimum Gasteiger partial charge on any atom is -0.302 e. The van der Waals surface area contributed by atoms with Crippen LogP contribution in [0.15, 0.2) is 36.0 Å². The van der Waals surface area contributed by atoms with Gasteiger partial charge in [0.25, 0.3) is 0 Å². The Hall–Kier alpha value is -0.860. The van der Waals surface area contributed by atoms with E-state index in [0.29, 0.717) is 5.41 Å². The molecule has 4 heterocycles. The Balaban J connectivity index is 1.44. The highest BCUT2D eigenvalue weighted by Crippen LogP contribution is 2.55. The van der Waals surface area contributed by atoms with E-state index in [1.54, 1.807) is 5.57 Å². The molecule has 2 saturated heterocycles. The van der Waals surface area contributed by atoms with Gasteiger partial charge in [-0.1, -0.05) is 48.8 Å². The Morgan fingerprint density at radius 3 is 2.57 bits per heavy atom. The molecule has 0 radical (unpaired) electrons. The molecule has 5 rings (SSSR count). The van der Waals surface area contributed by atoms with Gasteiger partial charge in [0.05, 0.1) is 0 Å². The molecule has 30 heavy (non-hydrogen) atoms. The lowest BCUT2D eigenvalue weighted by atomic mass is 9.54. The van der Waals surface area contributed by atoms with E-state index < -0.39 is 0 Å². The maximum Gasteiger partial charge on any atom is 0.0310 e. The topological polar surface area (TPSA) is 6.48 Å². The van der Waals surface area contributed by atoms with E-state index in [1.807, 2.05) is 0 Å². The average Bonchev–Trinajstić information content (AvgIpc) is 2.78. The minimum atomic E-state index is 0.543. The minimum absolute atomic E-state index is 0.543. The predicted octanol–water partition coefficient (Wildman–Crippen LogP) is 6.36. The summed E-state index contributed by atoms with van der Waals surface area (Å²) in [6, 6.07) is 0.759. The first-order valence-electron chi connectivity index (χ1n) is 13.3. The van der Waals surface area contributed by atoms with Crippen LogP contribution < -0.4 is 0 Å². The van der Waals surface area contributed by atoms with Crippen LogP contribution in [0.5, 0.6) is 0 Å². The van der Waals surface area contributed by atoms with Gasteiger partial charge in [0.2, 0.25) is 0 Å². The summed E-state index contributed by atoms with van der Waals surface area (Å²) in [5.41, 5.74) is 2.35. The van der Waals surface area contributed by atoms with Gasteiger partial charge in [0.1, 0.15) is 0 Å². The second-order valence-electron chi connectivity index (χ2n) is 11.1. The van der Waals surface area contributed by atoms with E-state index in [1.165, 1.54) is 110 Å². The molecule has 1 unspecified atom stereocenters. The van der Waals surface area contributed by atoms with Crippen molar-refractivity contribution >= 4 is 0 Å². The lowest BCUT2D eigenvalue weighted by Crippen LogP contribution is -2.66. The van der Waals surface area contributed by atoms with Gasteiger partial charge < -0.3 is 4.90 Å². The van der Waals surface area contributed by atoms with Crippen molar-refractivity contribution in [3.05, 3.63) is 36.0 Å². The average molecular weight is 409 g/mol. The lowest BCUT2D eigenvalue weighted by molar-refractivity contribution is -0.108. The van der Waals surface area contributed by atoms with E-state index >= 15 is 0 Å². The van der Waals surface area contributed by atoms with Crippen LogP contribution in [0.2, 0.25) is 0 Å². The molecule has 0 aromatic heterocycles. The fraction of sp³-hybridized carbons (Fsp3) is 0.786. The zero-order valence-electron chi connectivity index (χ0n) is 19.2. The largest absolute Gasteiger partial charge is 0.302 e. The van der Waals surface area contributed by atoms with Crippen molar-refractivity contribution in [2.75, 3.05) is 32.7 Å². The molecule has 5 aliphatic rings. The summed E-state index contributed by atoms with van der Waals surface area (Å²) in [6.45, 7) is 6.80. The molecule has 2 heteroatoms. The van der Waals surface area contributed by atoms with Crippen molar-refractivity contribution < 1.29 is 0 Å². The molecule has 4 aliphatic heterocycles. The molecule has 0 amide bonds. The highest BCUT2D eigenvalue weighted by molar-refractivity contribution is 5.23. The van der Waals surface area contributed by atoms with Crippen molar-refractivity contribution in [2.24, 2.45) is 17.3 Å². The molecule has 4 bridgehead atoms. The summed E-state index contributed by atoms with van der Waals surface area (Å²) in [5.74, 6) is 1.87. The van der Waals surface area contributed by atoms with Gasteiger partial charge in [-0.15, -0.1) is 0 Å². The molecular weight excluding hydrogens is 364 g/mol. The number of fused-ring (bicyclic) bond motifs is 1. The van der Waals surface area contributed by atoms with Crippen molar-refractivity contribution in [1.82, 2.24) is 9.80 Å². The molecule has 1 spiro atoms. The van der Waals surface area contributed by atoms with Gasteiger partial charge in [0.15, 0.2) is 0 Å². The number of allylic oxidation sites excluding steroid dienone is 5. The standard InChI is InChI=1S/C28H44N2/c1-2-5-9-13-17-29-21-25-19-24-15-11-7-3-6-10-14-18-30-23-28(22-29,16-12-8-4-1)26(25)20-27(24)30/h3-4,7-8,15,25-27H,1-2,5-6,9-14,16-23H2/b7-3-,8-4-,24-15-/t25-,26-,27+,28+/m1/s1. The third-order valence-corrected chi connectivity index (χ3v) is 9.07. The second-order valence-corrected chi connectivity index (χ2v) is 11.1. The van der Waals surface area contributed by atoms with E-state index in [2.05, 4.69) is 40.2 Å². The van der Waals surface area contributed by atoms with Crippen LogP contribution in [-0.2, 0) is 0 Å². The Morgan fingerprint density at radius 2 is 1.60 bits per heavy atom. The number of piperidine rings is 2. The summed E-state index contributed by atoms with van der Waals surface area (Å²) in [5, 5.41) is 0. The Kier molecular flexibility index (Phi) is 6.82. The first kappa shape index (κ1) is 21.0. The lowest BCUT2D eigenvalue weighted by Gasteiger charge is -2.62. The fourth-order valence-electron chi connectivity index (χ4n) is 7.67. The number of hydrogen-bond donors (Lipinski definition) is 0. The molecule has 3 fully saturated rings. The van der Waals surface area contributed by atoms with Crippen molar-refractivity contribution in [3.8, 4) is 0 Å². The molecule has 0 N–H and O–H groups in total. The number of hydrogen-bond acceptors (Lipinski definition) is 2. The first-order chi connectivity index (χ1) is 14.8. The summed E-state index contributed by atoms with van der Waals surface area (Å²) in [4.78, 5) is 5.89. The summed E-state index contributed by atoms with van der Waals surface area (Å²) >= 11 is 0. The highest BCUT2D eigenvalue weighted by atomic mass is 15.2. The summed E-state index contributed by atoms with van der Waals surface area (Å²) in [6.07, 6.45) is 30.3. The van der Waals surface area contributed by atoms with E-state index in [9.17, 15) is 0 Å². The van der Waals surface area contributed by atoms with Gasteiger partial charge in [-0.3, -0.25) is 4.90 Å². The van der Waals surface area contributed by atoms with Gasteiger partial charge in [0, 0.05) is 25.7 Å². The van der Waals surface area contributed by atoms with Crippen LogP contribution in [0, 0.1) is 17.3 Å². The summed E-state index contributed by atoms with van der Waals surface area (Å²) < 4.78 is 0. The van der Waals surface area contributed by atoms with Gasteiger partial charge in [-0.25, -0.2) is 0 Å². The van der Waals surface area contributed by atoms with Crippen LogP contribution in [-0.4, -0.2) is 48.6 Å². The smallest absolute Gasteiger partial charge is 0.0310 e. The third-order valence-electron chi connectivity index (χ3n) is 9.07. The molecule has 0 aromatic carbocycles. The summed E-state index contributed by atoms with van der Waals surface area (Å²) in [7, 11) is 0. The van der Waals surface area contributed by atoms with E-state index in [-0.39, 0.29) is 0 Å². The van der Waals surface area contributed by atoms with Crippen LogP contribution in [0.25, 0.3) is 0 Å². The van der Waals surface area contributed by atoms with E-state index in [0.717, 1.165) is 24.3 Å². The molecule has 1 saturated carbocycles. The Morgan fingerprint density at radius 1 is 0.800 bits per heavy atom. The first-order valence-corrected chi connectivity index (χ1v) is 13.3.